The molecule has 0 bridgehead atoms. The van der Waals surface area contributed by atoms with E-state index in [2.05, 4.69) is 46.0 Å². The number of likely N-dealkylation sites (tertiary alicyclic amines) is 1. The Labute approximate surface area is 227 Å². The number of nitro benzene ring substituents is 1. The summed E-state index contributed by atoms with van der Waals surface area (Å²) in [6.45, 7) is 16.6. The number of hydrogen-bond donors (Lipinski definition) is 1. The number of nitrogens with two attached hydrogens (primary N) is 1. The van der Waals surface area contributed by atoms with Crippen LogP contribution in [0.15, 0.2) is 48.5 Å². The fraction of sp³-hybridized carbons (Fsp3) is 0.552. The van der Waals surface area contributed by atoms with E-state index in [0.29, 0.717) is 6.42 Å². The molecule has 2 aromatic carbocycles. The molecule has 0 spiro atoms. The number of carbonyl (C=O) groups is 1. The topological polar surface area (TPSA) is 108 Å². The molecule has 0 aromatic heterocycles. The van der Waals surface area contributed by atoms with E-state index in [4.69, 9.17) is 14.9 Å². The molecule has 8 nitrogen and oxygen atoms in total. The van der Waals surface area contributed by atoms with Crippen molar-refractivity contribution in [1.82, 2.24) is 4.90 Å². The van der Waals surface area contributed by atoms with E-state index in [1.165, 1.54) is 6.07 Å². The Balaban J connectivity index is 2.03. The monoisotopic (exact) mass is 541 g/mol. The number of amides is 1. The number of nitro groups is 1. The zero-order valence-corrected chi connectivity index (χ0v) is 25.0. The highest BCUT2D eigenvalue weighted by Gasteiger charge is 2.47. The highest BCUT2D eigenvalue weighted by molar-refractivity contribution is 6.74. The van der Waals surface area contributed by atoms with Crippen LogP contribution in [0, 0.1) is 10.1 Å². The van der Waals surface area contributed by atoms with Crippen molar-refractivity contribution in [3.05, 3.63) is 69.8 Å². The van der Waals surface area contributed by atoms with E-state index >= 15 is 0 Å². The minimum Gasteiger partial charge on any atom is -0.444 e. The molecule has 1 aliphatic rings. The van der Waals surface area contributed by atoms with Gasteiger partial charge >= 0.3 is 6.09 Å². The number of ether oxygens (including phenoxy) is 1. The molecule has 1 heterocycles. The second kappa shape index (κ2) is 11.1. The largest absolute Gasteiger partial charge is 0.444 e. The molecule has 0 unspecified atom stereocenters. The van der Waals surface area contributed by atoms with Gasteiger partial charge in [-0.25, -0.2) is 4.79 Å². The summed E-state index contributed by atoms with van der Waals surface area (Å²) in [4.78, 5) is 26.6. The Morgan fingerprint density at radius 1 is 1.11 bits per heavy atom. The van der Waals surface area contributed by atoms with Crippen LogP contribution in [0.5, 0.6) is 0 Å². The predicted octanol–water partition coefficient (Wildman–Crippen LogP) is 7.25. The molecule has 1 saturated heterocycles. The quantitative estimate of drug-likeness (QED) is 0.171. The summed E-state index contributed by atoms with van der Waals surface area (Å²) in [5.74, 6) is 0. The van der Waals surface area contributed by atoms with Crippen LogP contribution in [0.4, 0.5) is 16.2 Å². The normalized spacial score (nSPS) is 19.3. The van der Waals surface area contributed by atoms with E-state index in [1.807, 2.05) is 43.9 Å². The van der Waals surface area contributed by atoms with Gasteiger partial charge in [0.2, 0.25) is 0 Å². The standard InChI is InChI=1S/C29H43N3O5Si/c1-28(2,3)36-27(33)31-22(18-20-14-16-23(30)25(19-20)32(34)35)15-17-24(31)26(21-12-10-9-11-13-21)37-38(7,8)29(4,5)6/h9-14,16,19,22,24,26H,15,17-18,30H2,1-8H3/t22-,24+,26+/m0/s1. The molecular weight excluding hydrogens is 498 g/mol. The maximum Gasteiger partial charge on any atom is 0.410 e. The van der Waals surface area contributed by atoms with Crippen LogP contribution in [0.2, 0.25) is 18.1 Å². The van der Waals surface area contributed by atoms with Crippen molar-refractivity contribution in [2.75, 3.05) is 5.73 Å². The summed E-state index contributed by atoms with van der Waals surface area (Å²) < 4.78 is 12.9. The predicted molar refractivity (Wildman–Crippen MR) is 154 cm³/mol. The average molecular weight is 542 g/mol. The molecule has 2 aromatic rings. The first-order chi connectivity index (χ1) is 17.5. The Morgan fingerprint density at radius 3 is 2.29 bits per heavy atom. The van der Waals surface area contributed by atoms with E-state index in [-0.39, 0.29) is 34.6 Å². The number of anilines is 1. The van der Waals surface area contributed by atoms with Crippen molar-refractivity contribution >= 4 is 25.8 Å². The van der Waals surface area contributed by atoms with Gasteiger partial charge in [-0.1, -0.05) is 57.2 Å². The van der Waals surface area contributed by atoms with Crippen LogP contribution in [-0.2, 0) is 15.6 Å². The second-order valence-electron chi connectivity index (χ2n) is 12.7. The number of rotatable bonds is 7. The van der Waals surface area contributed by atoms with Gasteiger partial charge in [0, 0.05) is 12.1 Å². The smallest absolute Gasteiger partial charge is 0.410 e. The Hall–Kier alpha value is -2.91. The first-order valence-corrected chi connectivity index (χ1v) is 16.2. The molecule has 0 radical (unpaired) electrons. The molecule has 1 fully saturated rings. The lowest BCUT2D eigenvalue weighted by atomic mass is 10.0. The van der Waals surface area contributed by atoms with Crippen LogP contribution in [-0.4, -0.2) is 41.9 Å². The van der Waals surface area contributed by atoms with E-state index in [1.54, 1.807) is 12.1 Å². The molecule has 0 saturated carbocycles. The summed E-state index contributed by atoms with van der Waals surface area (Å²) in [5.41, 5.74) is 6.94. The number of benzene rings is 2. The Kier molecular flexibility index (Phi) is 8.63. The van der Waals surface area contributed by atoms with Gasteiger partial charge in [-0.3, -0.25) is 15.0 Å². The highest BCUT2D eigenvalue weighted by Crippen LogP contribution is 2.44. The Morgan fingerprint density at radius 2 is 1.74 bits per heavy atom. The van der Waals surface area contributed by atoms with E-state index in [9.17, 15) is 14.9 Å². The van der Waals surface area contributed by atoms with Gasteiger partial charge in [0.1, 0.15) is 11.3 Å². The van der Waals surface area contributed by atoms with Crippen molar-refractivity contribution in [1.29, 1.82) is 0 Å². The third-order valence-electron chi connectivity index (χ3n) is 7.62. The summed E-state index contributed by atoms with van der Waals surface area (Å²) in [7, 11) is -2.22. The Bertz CT molecular complexity index is 1140. The van der Waals surface area contributed by atoms with Gasteiger partial charge in [0.15, 0.2) is 8.32 Å². The zero-order chi connectivity index (χ0) is 28.5. The van der Waals surface area contributed by atoms with Gasteiger partial charge in [0.25, 0.3) is 5.69 Å². The van der Waals surface area contributed by atoms with Crippen LogP contribution in [0.1, 0.15) is 71.6 Å². The van der Waals surface area contributed by atoms with Crippen molar-refractivity contribution in [2.24, 2.45) is 0 Å². The molecule has 3 rings (SSSR count). The molecule has 0 aliphatic carbocycles. The van der Waals surface area contributed by atoms with Gasteiger partial charge in [-0.15, -0.1) is 0 Å². The average Bonchev–Trinajstić information content (AvgIpc) is 3.20. The number of hydrogen-bond acceptors (Lipinski definition) is 6. The summed E-state index contributed by atoms with van der Waals surface area (Å²) in [6, 6.07) is 14.5. The van der Waals surface area contributed by atoms with E-state index in [0.717, 1.165) is 24.0 Å². The van der Waals surface area contributed by atoms with Crippen molar-refractivity contribution in [3.63, 3.8) is 0 Å². The number of nitrogens with zero attached hydrogens (tertiary/aromatic N) is 2. The highest BCUT2D eigenvalue weighted by atomic mass is 28.4. The van der Waals surface area contributed by atoms with Crippen molar-refractivity contribution in [3.8, 4) is 0 Å². The van der Waals surface area contributed by atoms with Crippen LogP contribution < -0.4 is 5.73 Å². The van der Waals surface area contributed by atoms with Gasteiger partial charge in [-0.05, 0) is 75.4 Å². The number of nitrogen functional groups attached to an aromatic ring is 1. The van der Waals surface area contributed by atoms with Crippen molar-refractivity contribution in [2.45, 2.75) is 103 Å². The minimum atomic E-state index is -2.22. The zero-order valence-electron chi connectivity index (χ0n) is 24.0. The number of carbonyl (C=O) groups excluding carboxylic acids is 1. The molecule has 3 atom stereocenters. The third-order valence-corrected chi connectivity index (χ3v) is 12.1. The minimum absolute atomic E-state index is 0.0162. The molecule has 9 heteroatoms. The first-order valence-electron chi connectivity index (χ1n) is 13.3. The van der Waals surface area contributed by atoms with Crippen LogP contribution in [0.25, 0.3) is 0 Å². The van der Waals surface area contributed by atoms with Gasteiger partial charge in [-0.2, -0.15) is 0 Å². The lowest BCUT2D eigenvalue weighted by Crippen LogP contribution is -2.50. The summed E-state index contributed by atoms with van der Waals surface area (Å²) in [6.07, 6.45) is 1.20. The molecule has 2 N–H and O–H groups in total. The fourth-order valence-corrected chi connectivity index (χ4v) is 5.94. The molecule has 208 valence electrons. The summed E-state index contributed by atoms with van der Waals surface area (Å²) >= 11 is 0. The van der Waals surface area contributed by atoms with Gasteiger partial charge < -0.3 is 14.9 Å². The fourth-order valence-electron chi connectivity index (χ4n) is 4.66. The van der Waals surface area contributed by atoms with Crippen molar-refractivity contribution < 1.29 is 18.9 Å². The first kappa shape index (κ1) is 29.6. The van der Waals surface area contributed by atoms with E-state index < -0.39 is 24.9 Å². The molecule has 1 aliphatic heterocycles. The molecule has 38 heavy (non-hydrogen) atoms. The van der Waals surface area contributed by atoms with Crippen LogP contribution >= 0.6 is 0 Å². The molecule has 1 amide bonds. The lowest BCUT2D eigenvalue weighted by Gasteiger charge is -2.43. The van der Waals surface area contributed by atoms with Gasteiger partial charge in [0.05, 0.1) is 17.1 Å². The maximum atomic E-state index is 13.7. The summed E-state index contributed by atoms with van der Waals surface area (Å²) in [5, 5.41) is 11.5. The lowest BCUT2D eigenvalue weighted by molar-refractivity contribution is -0.384. The second-order valence-corrected chi connectivity index (χ2v) is 17.5. The molecular formula is C29H43N3O5Si. The van der Waals surface area contributed by atoms with Crippen LogP contribution in [0.3, 0.4) is 0 Å². The SMILES string of the molecule is CC(C)(C)OC(=O)N1[C@H](Cc2ccc(N)c([N+](=O)[O-])c2)CC[C@@H]1[C@H](O[Si](C)(C)C(C)(C)C)c1ccccc1. The third kappa shape index (κ3) is 6.93. The maximum absolute atomic E-state index is 13.7.